The summed E-state index contributed by atoms with van der Waals surface area (Å²) in [6, 6.07) is 19.7. The van der Waals surface area contributed by atoms with E-state index in [0.29, 0.717) is 12.1 Å². The molecule has 11 heteroatoms. The van der Waals surface area contributed by atoms with Gasteiger partial charge in [-0.2, -0.15) is 0 Å². The minimum atomic E-state index is -4.05. The minimum Gasteiger partial charge on any atom is -0.354 e. The predicted octanol–water partition coefficient (Wildman–Crippen LogP) is 4.53. The first-order valence-electron chi connectivity index (χ1n) is 13.8. The number of non-ortho nitro benzene ring substituents is 1. The van der Waals surface area contributed by atoms with Gasteiger partial charge in [-0.05, 0) is 42.5 Å². The van der Waals surface area contributed by atoms with E-state index in [1.54, 1.807) is 6.92 Å². The number of aryl methyl sites for hydroxylation is 2. The second-order valence-electron chi connectivity index (χ2n) is 10.3. The molecule has 0 heterocycles. The highest BCUT2D eigenvalue weighted by molar-refractivity contribution is 7.92. The van der Waals surface area contributed by atoms with Gasteiger partial charge < -0.3 is 10.2 Å². The molecule has 42 heavy (non-hydrogen) atoms. The van der Waals surface area contributed by atoms with Crippen molar-refractivity contribution in [3.05, 3.63) is 105 Å². The van der Waals surface area contributed by atoms with Crippen LogP contribution in [0, 0.1) is 24.0 Å². The van der Waals surface area contributed by atoms with E-state index >= 15 is 0 Å². The Morgan fingerprint density at radius 1 is 0.976 bits per heavy atom. The van der Waals surface area contributed by atoms with Gasteiger partial charge in [0.05, 0.1) is 16.9 Å². The Hall–Kier alpha value is -4.25. The van der Waals surface area contributed by atoms with E-state index in [2.05, 4.69) is 5.32 Å². The second kappa shape index (κ2) is 14.6. The summed E-state index contributed by atoms with van der Waals surface area (Å²) in [6.45, 7) is 5.40. The summed E-state index contributed by atoms with van der Waals surface area (Å²) in [6.07, 6.45) is 2.80. The molecule has 3 aromatic rings. The van der Waals surface area contributed by atoms with E-state index in [1.165, 1.54) is 17.0 Å². The van der Waals surface area contributed by atoms with E-state index in [4.69, 9.17) is 0 Å². The summed E-state index contributed by atoms with van der Waals surface area (Å²) in [7, 11) is -4.05. The van der Waals surface area contributed by atoms with Crippen LogP contribution in [-0.4, -0.2) is 55.4 Å². The van der Waals surface area contributed by atoms with Crippen molar-refractivity contribution in [2.45, 2.75) is 52.6 Å². The zero-order valence-electron chi connectivity index (χ0n) is 24.4. The average molecular weight is 595 g/mol. The lowest BCUT2D eigenvalue weighted by atomic mass is 10.0. The fourth-order valence-corrected chi connectivity index (χ4v) is 5.50. The zero-order valence-corrected chi connectivity index (χ0v) is 25.3. The summed E-state index contributed by atoms with van der Waals surface area (Å²) in [4.78, 5) is 40.1. The van der Waals surface area contributed by atoms with Gasteiger partial charge in [0.1, 0.15) is 12.6 Å². The quantitative estimate of drug-likeness (QED) is 0.166. The van der Waals surface area contributed by atoms with Crippen molar-refractivity contribution < 1.29 is 22.9 Å². The third kappa shape index (κ3) is 8.62. The molecule has 10 nitrogen and oxygen atoms in total. The molecule has 0 saturated heterocycles. The van der Waals surface area contributed by atoms with Gasteiger partial charge in [-0.15, -0.1) is 0 Å². The van der Waals surface area contributed by atoms with Crippen LogP contribution in [0.15, 0.2) is 72.8 Å². The molecular weight excluding hydrogens is 556 g/mol. The normalized spacial score (nSPS) is 11.9. The topological polar surface area (TPSA) is 130 Å². The molecule has 1 unspecified atom stereocenters. The van der Waals surface area contributed by atoms with Crippen molar-refractivity contribution in [2.24, 2.45) is 0 Å². The number of amides is 2. The summed E-state index contributed by atoms with van der Waals surface area (Å²) < 4.78 is 26.9. The molecule has 0 bridgehead atoms. The standard InChI is InChI=1S/C31H38N4O6S/c1-5-6-18-32-31(37)29(19-25-13-8-7-9-14-25)33(21-26-15-11-10-12-23(26)2)30(36)22-34(42(4,40)41)28-20-27(35(38)39)17-16-24(28)3/h7-17,20,29H,5-6,18-19,21-22H2,1-4H3,(H,32,37). The highest BCUT2D eigenvalue weighted by atomic mass is 32.2. The van der Waals surface area contributed by atoms with Crippen LogP contribution in [0.2, 0.25) is 0 Å². The molecule has 0 aromatic heterocycles. The van der Waals surface area contributed by atoms with Crippen molar-refractivity contribution in [1.29, 1.82) is 0 Å². The van der Waals surface area contributed by atoms with Gasteiger partial charge in [-0.3, -0.25) is 24.0 Å². The van der Waals surface area contributed by atoms with Crippen LogP contribution in [0.1, 0.15) is 42.0 Å². The molecule has 3 rings (SSSR count). The molecule has 0 aliphatic carbocycles. The second-order valence-corrected chi connectivity index (χ2v) is 12.2. The number of carbonyl (C=O) groups is 2. The van der Waals surface area contributed by atoms with Crippen LogP contribution in [0.25, 0.3) is 0 Å². The van der Waals surface area contributed by atoms with E-state index in [-0.39, 0.29) is 30.2 Å². The van der Waals surface area contributed by atoms with Crippen LogP contribution in [0.4, 0.5) is 11.4 Å². The smallest absolute Gasteiger partial charge is 0.271 e. The van der Waals surface area contributed by atoms with Crippen molar-refractivity contribution in [3.63, 3.8) is 0 Å². The van der Waals surface area contributed by atoms with Gasteiger partial charge in [0.25, 0.3) is 5.69 Å². The van der Waals surface area contributed by atoms with Crippen molar-refractivity contribution in [2.75, 3.05) is 23.7 Å². The third-order valence-electron chi connectivity index (χ3n) is 7.05. The number of nitro benzene ring substituents is 1. The first-order chi connectivity index (χ1) is 19.9. The largest absolute Gasteiger partial charge is 0.354 e. The lowest BCUT2D eigenvalue weighted by Crippen LogP contribution is -2.53. The number of sulfonamides is 1. The lowest BCUT2D eigenvalue weighted by molar-refractivity contribution is -0.384. The number of nitro groups is 1. The molecule has 1 atom stereocenters. The molecule has 2 amide bonds. The summed E-state index contributed by atoms with van der Waals surface area (Å²) >= 11 is 0. The highest BCUT2D eigenvalue weighted by Crippen LogP contribution is 2.28. The van der Waals surface area contributed by atoms with Gasteiger partial charge in [0.15, 0.2) is 0 Å². The van der Waals surface area contributed by atoms with Gasteiger partial charge in [0.2, 0.25) is 21.8 Å². The number of carbonyl (C=O) groups excluding carboxylic acids is 2. The van der Waals surface area contributed by atoms with E-state index in [1.807, 2.05) is 68.4 Å². The van der Waals surface area contributed by atoms with E-state index in [0.717, 1.165) is 46.2 Å². The molecule has 3 aromatic carbocycles. The molecule has 0 radical (unpaired) electrons. The molecule has 0 spiro atoms. The Bertz CT molecular complexity index is 1510. The third-order valence-corrected chi connectivity index (χ3v) is 8.18. The Morgan fingerprint density at radius 2 is 1.64 bits per heavy atom. The molecule has 0 fully saturated rings. The first kappa shape index (κ1) is 32.3. The number of rotatable bonds is 14. The molecule has 0 aliphatic rings. The predicted molar refractivity (Wildman–Crippen MR) is 164 cm³/mol. The molecule has 0 aliphatic heterocycles. The highest BCUT2D eigenvalue weighted by Gasteiger charge is 2.33. The maximum Gasteiger partial charge on any atom is 0.271 e. The van der Waals surface area contributed by atoms with Crippen LogP contribution in [-0.2, 0) is 32.6 Å². The zero-order chi connectivity index (χ0) is 30.9. The first-order valence-corrected chi connectivity index (χ1v) is 15.7. The molecular formula is C31H38N4O6S. The van der Waals surface area contributed by atoms with E-state index < -0.39 is 33.4 Å². The minimum absolute atomic E-state index is 0.0305. The number of hydrogen-bond donors (Lipinski definition) is 1. The SMILES string of the molecule is CCCCNC(=O)C(Cc1ccccc1)N(Cc1ccccc1C)C(=O)CN(c1cc([N+](=O)[O-])ccc1C)S(C)(=O)=O. The van der Waals surface area contributed by atoms with Crippen molar-refractivity contribution in [3.8, 4) is 0 Å². The van der Waals surface area contributed by atoms with Crippen molar-refractivity contribution >= 4 is 33.2 Å². The van der Waals surface area contributed by atoms with Gasteiger partial charge in [-0.25, -0.2) is 8.42 Å². The summed E-state index contributed by atoms with van der Waals surface area (Å²) in [5.41, 5.74) is 2.73. The Morgan fingerprint density at radius 3 is 2.26 bits per heavy atom. The maximum absolute atomic E-state index is 14.2. The van der Waals surface area contributed by atoms with Crippen LogP contribution in [0.3, 0.4) is 0 Å². The van der Waals surface area contributed by atoms with E-state index in [9.17, 15) is 28.1 Å². The van der Waals surface area contributed by atoms with Crippen LogP contribution < -0.4 is 9.62 Å². The summed E-state index contributed by atoms with van der Waals surface area (Å²) in [5, 5.41) is 14.4. The fraction of sp³-hybridized carbons (Fsp3) is 0.355. The van der Waals surface area contributed by atoms with Crippen LogP contribution >= 0.6 is 0 Å². The Kier molecular flexibility index (Phi) is 11.2. The number of benzene rings is 3. The van der Waals surface area contributed by atoms with Gasteiger partial charge in [-0.1, -0.05) is 74.0 Å². The number of hydrogen-bond acceptors (Lipinski definition) is 6. The molecule has 224 valence electrons. The lowest BCUT2D eigenvalue weighted by Gasteiger charge is -2.34. The number of nitrogens with zero attached hydrogens (tertiary/aromatic N) is 3. The van der Waals surface area contributed by atoms with Crippen LogP contribution in [0.5, 0.6) is 0 Å². The number of unbranched alkanes of at least 4 members (excludes halogenated alkanes) is 1. The average Bonchev–Trinajstić information content (AvgIpc) is 2.94. The molecule has 0 saturated carbocycles. The monoisotopic (exact) mass is 594 g/mol. The Labute approximate surface area is 247 Å². The summed E-state index contributed by atoms with van der Waals surface area (Å²) in [5.74, 6) is -0.951. The van der Waals surface area contributed by atoms with Gasteiger partial charge in [0, 0.05) is 31.6 Å². The molecule has 1 N–H and O–H groups in total. The maximum atomic E-state index is 14.2. The van der Waals surface area contributed by atoms with Gasteiger partial charge >= 0.3 is 0 Å². The number of nitrogens with one attached hydrogen (secondary N) is 1. The number of anilines is 1. The fourth-order valence-electron chi connectivity index (χ4n) is 4.61. The Balaban J connectivity index is 2.10. The van der Waals surface area contributed by atoms with Crippen molar-refractivity contribution in [1.82, 2.24) is 10.2 Å².